The summed E-state index contributed by atoms with van der Waals surface area (Å²) in [5.41, 5.74) is 1.99. The van der Waals surface area contributed by atoms with E-state index in [0.717, 1.165) is 56.4 Å². The predicted octanol–water partition coefficient (Wildman–Crippen LogP) is 4.85. The summed E-state index contributed by atoms with van der Waals surface area (Å²) >= 11 is 0. The van der Waals surface area contributed by atoms with E-state index in [0.29, 0.717) is 48.6 Å². The highest BCUT2D eigenvalue weighted by Gasteiger charge is 2.49. The molecule has 7 rings (SSSR count). The molecule has 4 aliphatic rings. The highest BCUT2D eigenvalue weighted by molar-refractivity contribution is 5.92. The molecule has 39 heavy (non-hydrogen) atoms. The number of pyridine rings is 1. The molecule has 9 heteroatoms. The quantitative estimate of drug-likeness (QED) is 0.485. The third kappa shape index (κ3) is 4.34. The second-order valence-corrected chi connectivity index (χ2v) is 12.2. The van der Waals surface area contributed by atoms with E-state index in [1.54, 1.807) is 6.20 Å². The normalized spacial score (nSPS) is 28.5. The molecule has 6 heterocycles. The third-order valence-electron chi connectivity index (χ3n) is 9.23. The summed E-state index contributed by atoms with van der Waals surface area (Å²) in [6.45, 7) is 7.43. The Morgan fingerprint density at radius 3 is 2.72 bits per heavy atom. The summed E-state index contributed by atoms with van der Waals surface area (Å²) in [4.78, 5) is 18.5. The maximum absolute atomic E-state index is 16.4. The SMILES string of the molecule is CC(C)c1ccccc1-c1ncc2c(N3CC4CCC(C3)N4)nc(OC[C@@]34CCCN3C[C@H](F)C4)nc2c1F. The molecule has 2 unspecified atom stereocenters. The number of aromatic nitrogens is 3. The summed E-state index contributed by atoms with van der Waals surface area (Å²) in [6.07, 6.45) is 5.51. The molecule has 0 aliphatic carbocycles. The Labute approximate surface area is 228 Å². The van der Waals surface area contributed by atoms with E-state index < -0.39 is 12.0 Å². The number of rotatable bonds is 6. The largest absolute Gasteiger partial charge is 0.461 e. The van der Waals surface area contributed by atoms with E-state index in [1.165, 1.54) is 0 Å². The number of hydrogen-bond donors (Lipinski definition) is 1. The molecule has 2 bridgehead atoms. The Kier molecular flexibility index (Phi) is 6.19. The van der Waals surface area contributed by atoms with E-state index in [4.69, 9.17) is 9.72 Å². The van der Waals surface area contributed by atoms with Crippen molar-refractivity contribution >= 4 is 16.7 Å². The van der Waals surface area contributed by atoms with Gasteiger partial charge < -0.3 is 15.0 Å². The van der Waals surface area contributed by atoms with Crippen molar-refractivity contribution < 1.29 is 13.5 Å². The maximum atomic E-state index is 16.4. The van der Waals surface area contributed by atoms with Crippen LogP contribution in [0.4, 0.5) is 14.6 Å². The lowest BCUT2D eigenvalue weighted by atomic mass is 9.94. The first-order valence-corrected chi connectivity index (χ1v) is 14.4. The molecule has 0 radical (unpaired) electrons. The second kappa shape index (κ2) is 9.63. The Morgan fingerprint density at radius 1 is 1.13 bits per heavy atom. The number of hydrogen-bond acceptors (Lipinski definition) is 7. The van der Waals surface area contributed by atoms with Crippen molar-refractivity contribution in [1.82, 2.24) is 25.2 Å². The van der Waals surface area contributed by atoms with Gasteiger partial charge in [-0.25, -0.2) is 8.78 Å². The standard InChI is InChI=1S/C30H36F2N6O/c1-18(2)22-6-3-4-7-23(22)26-25(32)27-24(13-33-26)28(37-15-20-8-9-21(16-37)34-20)36-29(35-27)39-17-30-10-5-11-38(30)14-19(31)12-30/h3-4,6-7,13,18-21,34H,5,8-12,14-17H2,1-2H3/t19-,20?,21?,30+/m1/s1. The molecule has 4 saturated heterocycles. The minimum Gasteiger partial charge on any atom is -0.461 e. The molecule has 1 N–H and O–H groups in total. The van der Waals surface area contributed by atoms with Crippen molar-refractivity contribution in [1.29, 1.82) is 0 Å². The Bertz CT molecular complexity index is 1390. The van der Waals surface area contributed by atoms with E-state index in [9.17, 15) is 4.39 Å². The van der Waals surface area contributed by atoms with Gasteiger partial charge >= 0.3 is 6.01 Å². The maximum Gasteiger partial charge on any atom is 0.319 e. The first kappa shape index (κ1) is 25.1. The molecule has 0 amide bonds. The number of alkyl halides is 1. The Hall–Kier alpha value is -2.91. The zero-order valence-electron chi connectivity index (χ0n) is 22.7. The summed E-state index contributed by atoms with van der Waals surface area (Å²) in [7, 11) is 0. The summed E-state index contributed by atoms with van der Waals surface area (Å²) < 4.78 is 37.0. The lowest BCUT2D eigenvalue weighted by molar-refractivity contribution is 0.107. The highest BCUT2D eigenvalue weighted by atomic mass is 19.1. The van der Waals surface area contributed by atoms with E-state index in [-0.39, 0.29) is 23.0 Å². The monoisotopic (exact) mass is 534 g/mol. The van der Waals surface area contributed by atoms with Crippen LogP contribution < -0.4 is 15.0 Å². The van der Waals surface area contributed by atoms with Gasteiger partial charge in [0.25, 0.3) is 0 Å². The molecule has 206 valence electrons. The zero-order valence-corrected chi connectivity index (χ0v) is 22.7. The number of benzene rings is 1. The van der Waals surface area contributed by atoms with Gasteiger partial charge in [-0.05, 0) is 43.7 Å². The van der Waals surface area contributed by atoms with Crippen LogP contribution in [0.1, 0.15) is 57.4 Å². The van der Waals surface area contributed by atoms with Crippen LogP contribution in [-0.4, -0.2) is 76.4 Å². The Balaban J connectivity index is 1.31. The predicted molar refractivity (Wildman–Crippen MR) is 148 cm³/mol. The number of nitrogens with zero attached hydrogens (tertiary/aromatic N) is 5. The number of nitrogens with one attached hydrogen (secondary N) is 1. The number of piperazine rings is 1. The van der Waals surface area contributed by atoms with Gasteiger partial charge in [-0.15, -0.1) is 0 Å². The van der Waals surface area contributed by atoms with E-state index in [1.807, 2.05) is 24.3 Å². The number of fused-ring (bicyclic) bond motifs is 4. The molecule has 3 aromatic rings. The Morgan fingerprint density at radius 2 is 1.92 bits per heavy atom. The summed E-state index contributed by atoms with van der Waals surface area (Å²) in [5, 5.41) is 4.25. The molecule has 0 spiro atoms. The van der Waals surface area contributed by atoms with Crippen LogP contribution in [0, 0.1) is 5.82 Å². The summed E-state index contributed by atoms with van der Waals surface area (Å²) in [5.74, 6) is 0.422. The van der Waals surface area contributed by atoms with Crippen molar-refractivity contribution in [3.05, 3.63) is 41.8 Å². The average molecular weight is 535 g/mol. The van der Waals surface area contributed by atoms with Crippen LogP contribution in [-0.2, 0) is 0 Å². The molecule has 4 atom stereocenters. The van der Waals surface area contributed by atoms with Gasteiger partial charge in [-0.2, -0.15) is 9.97 Å². The molecule has 4 fully saturated rings. The minimum absolute atomic E-state index is 0.153. The first-order valence-electron chi connectivity index (χ1n) is 14.4. The van der Waals surface area contributed by atoms with Gasteiger partial charge in [0.1, 0.15) is 29.8 Å². The number of anilines is 1. The lowest BCUT2D eigenvalue weighted by Gasteiger charge is -2.34. The number of halogens is 2. The van der Waals surface area contributed by atoms with Gasteiger partial charge in [0.2, 0.25) is 0 Å². The number of ether oxygens (including phenoxy) is 1. The van der Waals surface area contributed by atoms with Crippen LogP contribution in [0.25, 0.3) is 22.2 Å². The van der Waals surface area contributed by atoms with Crippen molar-refractivity contribution in [3.63, 3.8) is 0 Å². The van der Waals surface area contributed by atoms with Gasteiger partial charge in [0.05, 0.1) is 10.9 Å². The molecule has 2 aromatic heterocycles. The molecular formula is C30H36F2N6O. The van der Waals surface area contributed by atoms with Crippen LogP contribution >= 0.6 is 0 Å². The van der Waals surface area contributed by atoms with Gasteiger partial charge in [0, 0.05) is 49.9 Å². The average Bonchev–Trinajstić information content (AvgIpc) is 3.58. The lowest BCUT2D eigenvalue weighted by Crippen LogP contribution is -2.51. The minimum atomic E-state index is -0.842. The first-order chi connectivity index (χ1) is 18.9. The molecular weight excluding hydrogens is 498 g/mol. The fraction of sp³-hybridized carbons (Fsp3) is 0.567. The fourth-order valence-corrected chi connectivity index (χ4v) is 7.35. The van der Waals surface area contributed by atoms with Crippen LogP contribution in [0.3, 0.4) is 0 Å². The smallest absolute Gasteiger partial charge is 0.319 e. The molecule has 0 saturated carbocycles. The van der Waals surface area contributed by atoms with Crippen molar-refractivity contribution in [2.75, 3.05) is 37.7 Å². The fourth-order valence-electron chi connectivity index (χ4n) is 7.35. The van der Waals surface area contributed by atoms with Crippen LogP contribution in [0.2, 0.25) is 0 Å². The van der Waals surface area contributed by atoms with Crippen LogP contribution in [0.15, 0.2) is 30.5 Å². The van der Waals surface area contributed by atoms with E-state index in [2.05, 4.69) is 38.9 Å². The molecule has 1 aromatic carbocycles. The summed E-state index contributed by atoms with van der Waals surface area (Å²) in [6, 6.07) is 8.75. The molecule has 7 nitrogen and oxygen atoms in total. The van der Waals surface area contributed by atoms with E-state index >= 15 is 4.39 Å². The van der Waals surface area contributed by atoms with Gasteiger partial charge in [-0.1, -0.05) is 38.1 Å². The topological polar surface area (TPSA) is 66.4 Å². The van der Waals surface area contributed by atoms with Crippen molar-refractivity contribution in [2.45, 2.75) is 75.7 Å². The third-order valence-corrected chi connectivity index (χ3v) is 9.23. The van der Waals surface area contributed by atoms with Gasteiger partial charge in [0.15, 0.2) is 5.82 Å². The molecule has 4 aliphatic heterocycles. The highest BCUT2D eigenvalue weighted by Crippen LogP contribution is 2.41. The van der Waals surface area contributed by atoms with Gasteiger partial charge in [-0.3, -0.25) is 9.88 Å². The van der Waals surface area contributed by atoms with Crippen LogP contribution in [0.5, 0.6) is 6.01 Å². The second-order valence-electron chi connectivity index (χ2n) is 12.2. The zero-order chi connectivity index (χ0) is 26.7. The van der Waals surface area contributed by atoms with Crippen molar-refractivity contribution in [2.24, 2.45) is 0 Å². The van der Waals surface area contributed by atoms with Crippen molar-refractivity contribution in [3.8, 4) is 17.3 Å².